The first-order valence-corrected chi connectivity index (χ1v) is 8.83. The average Bonchev–Trinajstić information content (AvgIpc) is 2.69. The average molecular weight is 482 g/mol. The van der Waals surface area contributed by atoms with Crippen LogP contribution in [0, 0.1) is 6.92 Å². The van der Waals surface area contributed by atoms with Crippen LogP contribution in [0.15, 0.2) is 41.5 Å². The van der Waals surface area contributed by atoms with Gasteiger partial charge in [0.1, 0.15) is 11.6 Å². The monoisotopic (exact) mass is 482 g/mol. The van der Waals surface area contributed by atoms with Crippen molar-refractivity contribution in [2.45, 2.75) is 13.5 Å². The lowest BCUT2D eigenvalue weighted by atomic mass is 10.2. The number of methoxy groups -OCH3 is 1. The summed E-state index contributed by atoms with van der Waals surface area (Å²) in [6, 6.07) is 10.1. The van der Waals surface area contributed by atoms with E-state index in [0.717, 1.165) is 55.1 Å². The van der Waals surface area contributed by atoms with Crippen LogP contribution in [-0.4, -0.2) is 61.2 Å². The summed E-state index contributed by atoms with van der Waals surface area (Å²) in [4.78, 5) is 17.6. The van der Waals surface area contributed by atoms with Crippen molar-refractivity contribution >= 4 is 35.6 Å². The second kappa shape index (κ2) is 10.3. The van der Waals surface area contributed by atoms with Gasteiger partial charge in [0, 0.05) is 39.4 Å². The first kappa shape index (κ1) is 21.2. The number of para-hydroxylation sites is 2. The van der Waals surface area contributed by atoms with Crippen LogP contribution >= 0.6 is 24.0 Å². The van der Waals surface area contributed by atoms with Crippen LogP contribution in [0.2, 0.25) is 0 Å². The first-order chi connectivity index (χ1) is 12.7. The van der Waals surface area contributed by atoms with E-state index in [-0.39, 0.29) is 24.0 Å². The molecule has 1 aliphatic heterocycles. The summed E-state index contributed by atoms with van der Waals surface area (Å²) in [6.45, 7) is 6.20. The molecular formula is C19H27IN6O. The third kappa shape index (κ3) is 5.44. The topological polar surface area (TPSA) is 65.9 Å². The van der Waals surface area contributed by atoms with E-state index in [2.05, 4.69) is 42.2 Å². The van der Waals surface area contributed by atoms with Gasteiger partial charge in [-0.2, -0.15) is 0 Å². The maximum absolute atomic E-state index is 5.49. The molecule has 2 aromatic rings. The molecule has 27 heavy (non-hydrogen) atoms. The van der Waals surface area contributed by atoms with Crippen molar-refractivity contribution in [2.24, 2.45) is 4.99 Å². The summed E-state index contributed by atoms with van der Waals surface area (Å²) in [5, 5.41) is 3.40. The zero-order valence-electron chi connectivity index (χ0n) is 16.1. The molecule has 146 valence electrons. The Labute approximate surface area is 177 Å². The molecule has 0 saturated carbocycles. The molecule has 0 spiro atoms. The zero-order chi connectivity index (χ0) is 18.4. The molecule has 0 atom stereocenters. The van der Waals surface area contributed by atoms with Crippen molar-refractivity contribution in [3.05, 3.63) is 48.0 Å². The van der Waals surface area contributed by atoms with Gasteiger partial charge in [-0.25, -0.2) is 9.97 Å². The molecule has 0 unspecified atom stereocenters. The molecule has 1 aromatic carbocycles. The van der Waals surface area contributed by atoms with Gasteiger partial charge in [-0.1, -0.05) is 12.1 Å². The van der Waals surface area contributed by atoms with Crippen LogP contribution in [-0.2, 0) is 6.54 Å². The molecule has 3 rings (SSSR count). The summed E-state index contributed by atoms with van der Waals surface area (Å²) < 4.78 is 5.49. The Kier molecular flexibility index (Phi) is 8.08. The van der Waals surface area contributed by atoms with Crippen LogP contribution in [0.1, 0.15) is 11.5 Å². The van der Waals surface area contributed by atoms with Crippen molar-refractivity contribution < 1.29 is 4.74 Å². The second-order valence-electron chi connectivity index (χ2n) is 6.14. The van der Waals surface area contributed by atoms with Crippen molar-refractivity contribution in [3.8, 4) is 5.75 Å². The third-order valence-corrected chi connectivity index (χ3v) is 4.48. The fourth-order valence-corrected chi connectivity index (χ4v) is 3.16. The minimum atomic E-state index is 0. The maximum Gasteiger partial charge on any atom is 0.194 e. The molecule has 2 heterocycles. The van der Waals surface area contributed by atoms with Gasteiger partial charge in [0.15, 0.2) is 5.96 Å². The van der Waals surface area contributed by atoms with E-state index in [1.54, 1.807) is 13.3 Å². The van der Waals surface area contributed by atoms with E-state index < -0.39 is 0 Å². The number of nitrogens with zero attached hydrogens (tertiary/aromatic N) is 5. The highest BCUT2D eigenvalue weighted by Crippen LogP contribution is 2.28. The van der Waals surface area contributed by atoms with Gasteiger partial charge < -0.3 is 19.9 Å². The molecule has 1 aromatic heterocycles. The summed E-state index contributed by atoms with van der Waals surface area (Å²) in [7, 11) is 3.54. The number of piperazine rings is 1. The van der Waals surface area contributed by atoms with Crippen LogP contribution in [0.4, 0.5) is 5.69 Å². The standard InChI is InChI=1S/C19H26N6O.HI/c1-15-21-9-8-16(23-15)14-22-19(20-2)25-12-10-24(11-13-25)17-6-4-5-7-18(17)26-3;/h4-9H,10-14H2,1-3H3,(H,20,22);1H. The van der Waals surface area contributed by atoms with E-state index in [1.165, 1.54) is 0 Å². The Bertz CT molecular complexity index is 761. The number of rotatable bonds is 4. The minimum Gasteiger partial charge on any atom is -0.495 e. The van der Waals surface area contributed by atoms with Gasteiger partial charge >= 0.3 is 0 Å². The largest absolute Gasteiger partial charge is 0.495 e. The lowest BCUT2D eigenvalue weighted by Crippen LogP contribution is -2.52. The molecule has 1 N–H and O–H groups in total. The molecule has 1 saturated heterocycles. The highest BCUT2D eigenvalue weighted by atomic mass is 127. The van der Waals surface area contributed by atoms with Gasteiger partial charge in [0.25, 0.3) is 0 Å². The number of benzene rings is 1. The zero-order valence-corrected chi connectivity index (χ0v) is 18.4. The number of aliphatic imine (C=N–C) groups is 1. The minimum absolute atomic E-state index is 0. The van der Waals surface area contributed by atoms with Crippen LogP contribution < -0.4 is 15.0 Å². The molecule has 0 bridgehead atoms. The Morgan fingerprint density at radius 2 is 1.93 bits per heavy atom. The molecule has 7 nitrogen and oxygen atoms in total. The lowest BCUT2D eigenvalue weighted by molar-refractivity contribution is 0.367. The van der Waals surface area contributed by atoms with Gasteiger partial charge in [-0.3, -0.25) is 4.99 Å². The van der Waals surface area contributed by atoms with E-state index in [0.29, 0.717) is 6.54 Å². The Morgan fingerprint density at radius 3 is 2.59 bits per heavy atom. The Hall–Kier alpha value is -2.10. The van der Waals surface area contributed by atoms with Crippen molar-refractivity contribution in [1.82, 2.24) is 20.2 Å². The van der Waals surface area contributed by atoms with Gasteiger partial charge in [0.05, 0.1) is 25.0 Å². The van der Waals surface area contributed by atoms with E-state index in [1.807, 2.05) is 32.2 Å². The summed E-state index contributed by atoms with van der Waals surface area (Å²) in [5.41, 5.74) is 2.11. The number of aryl methyl sites for hydroxylation is 1. The van der Waals surface area contributed by atoms with E-state index in [4.69, 9.17) is 4.74 Å². The summed E-state index contributed by atoms with van der Waals surface area (Å²) >= 11 is 0. The molecule has 1 fully saturated rings. The van der Waals surface area contributed by atoms with Gasteiger partial charge in [-0.15, -0.1) is 24.0 Å². The number of hydrogen-bond donors (Lipinski definition) is 1. The SMILES string of the molecule is CN=C(NCc1ccnc(C)n1)N1CCN(c2ccccc2OC)CC1.I. The molecular weight excluding hydrogens is 455 g/mol. The number of halogens is 1. The Morgan fingerprint density at radius 1 is 1.19 bits per heavy atom. The molecule has 0 radical (unpaired) electrons. The molecule has 0 amide bonds. The smallest absolute Gasteiger partial charge is 0.194 e. The lowest BCUT2D eigenvalue weighted by Gasteiger charge is -2.38. The number of nitrogens with one attached hydrogen (secondary N) is 1. The number of aromatic nitrogens is 2. The predicted molar refractivity (Wildman–Crippen MR) is 119 cm³/mol. The van der Waals surface area contributed by atoms with Crippen molar-refractivity contribution in [3.63, 3.8) is 0 Å². The Balaban J connectivity index is 0.00000261. The van der Waals surface area contributed by atoms with Gasteiger partial charge in [0.2, 0.25) is 0 Å². The molecule has 1 aliphatic rings. The molecule has 8 heteroatoms. The van der Waals surface area contributed by atoms with Crippen molar-refractivity contribution in [2.75, 3.05) is 45.2 Å². The van der Waals surface area contributed by atoms with Crippen LogP contribution in [0.3, 0.4) is 0 Å². The fourth-order valence-electron chi connectivity index (χ4n) is 3.16. The highest BCUT2D eigenvalue weighted by Gasteiger charge is 2.21. The maximum atomic E-state index is 5.49. The number of guanidine groups is 1. The van der Waals surface area contributed by atoms with Crippen molar-refractivity contribution in [1.29, 1.82) is 0 Å². The second-order valence-corrected chi connectivity index (χ2v) is 6.14. The third-order valence-electron chi connectivity index (χ3n) is 4.48. The van der Waals surface area contributed by atoms with E-state index in [9.17, 15) is 0 Å². The number of anilines is 1. The summed E-state index contributed by atoms with van der Waals surface area (Å²) in [6.07, 6.45) is 1.79. The number of hydrogen-bond acceptors (Lipinski definition) is 5. The number of ether oxygens (including phenoxy) is 1. The van der Waals surface area contributed by atoms with E-state index >= 15 is 0 Å². The van der Waals surface area contributed by atoms with Crippen LogP contribution in [0.25, 0.3) is 0 Å². The highest BCUT2D eigenvalue weighted by molar-refractivity contribution is 14.0. The normalized spacial score (nSPS) is 14.6. The van der Waals surface area contributed by atoms with Crippen LogP contribution in [0.5, 0.6) is 5.75 Å². The quantitative estimate of drug-likeness (QED) is 0.410. The van der Waals surface area contributed by atoms with Gasteiger partial charge in [-0.05, 0) is 25.1 Å². The summed E-state index contributed by atoms with van der Waals surface area (Å²) in [5.74, 6) is 2.60. The molecule has 0 aliphatic carbocycles. The fraction of sp³-hybridized carbons (Fsp3) is 0.421. The predicted octanol–water partition coefficient (Wildman–Crippen LogP) is 2.31. The first-order valence-electron chi connectivity index (χ1n) is 8.83.